The number of hydrogen-bond donors (Lipinski definition) is 1. The molecule has 1 unspecified atom stereocenters. The normalized spacial score (nSPS) is 25.6. The highest BCUT2D eigenvalue weighted by molar-refractivity contribution is 5.78. The Labute approximate surface area is 126 Å². The van der Waals surface area contributed by atoms with Crippen molar-refractivity contribution in [2.24, 2.45) is 16.1 Å². The molecule has 2 heterocycles. The molecule has 114 valence electrons. The summed E-state index contributed by atoms with van der Waals surface area (Å²) in [5.74, 6) is 1.49. The Kier molecular flexibility index (Phi) is 3.69. The maximum absolute atomic E-state index is 6.19. The van der Waals surface area contributed by atoms with Crippen LogP contribution in [0.15, 0.2) is 23.5 Å². The molecule has 1 saturated heterocycles. The number of aliphatic imine (C=N–C) groups is 1. The number of nitrogens with two attached hydrogens (primary N) is 1. The molecule has 6 nitrogen and oxygen atoms in total. The molecule has 1 aromatic heterocycles. The molecule has 0 amide bonds. The Hall–Kier alpha value is -1.85. The third-order valence-corrected chi connectivity index (χ3v) is 4.69. The van der Waals surface area contributed by atoms with Gasteiger partial charge < -0.3 is 15.5 Å². The summed E-state index contributed by atoms with van der Waals surface area (Å²) in [4.78, 5) is 17.7. The maximum atomic E-state index is 6.19. The topological polar surface area (TPSA) is 70.6 Å². The zero-order chi connectivity index (χ0) is 14.9. The summed E-state index contributed by atoms with van der Waals surface area (Å²) in [6, 6.07) is 2.22. The summed E-state index contributed by atoms with van der Waals surface area (Å²) in [5.41, 5.74) is 6.50. The molecular formula is C15H24N6. The van der Waals surface area contributed by atoms with E-state index in [-0.39, 0.29) is 0 Å². The highest BCUT2D eigenvalue weighted by atomic mass is 15.4. The Morgan fingerprint density at radius 1 is 1.24 bits per heavy atom. The molecule has 2 fully saturated rings. The quantitative estimate of drug-likeness (QED) is 0.652. The molecule has 2 N–H and O–H groups in total. The van der Waals surface area contributed by atoms with Crippen LogP contribution in [-0.4, -0.2) is 53.0 Å². The van der Waals surface area contributed by atoms with Crippen LogP contribution in [0.1, 0.15) is 26.7 Å². The average Bonchev–Trinajstić information content (AvgIpc) is 2.52. The molecule has 6 heteroatoms. The minimum Gasteiger partial charge on any atom is -0.370 e. The second-order valence-electron chi connectivity index (χ2n) is 6.55. The molecule has 1 saturated carbocycles. The van der Waals surface area contributed by atoms with Crippen LogP contribution < -0.4 is 10.6 Å². The van der Waals surface area contributed by atoms with Crippen molar-refractivity contribution in [2.75, 3.05) is 31.1 Å². The van der Waals surface area contributed by atoms with E-state index in [0.717, 1.165) is 38.5 Å². The minimum atomic E-state index is 0.310. The molecule has 0 bridgehead atoms. The maximum Gasteiger partial charge on any atom is 0.225 e. The van der Waals surface area contributed by atoms with Gasteiger partial charge in [-0.1, -0.05) is 13.8 Å². The van der Waals surface area contributed by atoms with Gasteiger partial charge in [0.25, 0.3) is 0 Å². The zero-order valence-electron chi connectivity index (χ0n) is 12.9. The van der Waals surface area contributed by atoms with Gasteiger partial charge in [-0.3, -0.25) is 0 Å². The van der Waals surface area contributed by atoms with Gasteiger partial charge >= 0.3 is 0 Å². The molecule has 1 aromatic rings. The lowest BCUT2D eigenvalue weighted by molar-refractivity contribution is 0.144. The van der Waals surface area contributed by atoms with Gasteiger partial charge in [0.05, 0.1) is 6.04 Å². The Morgan fingerprint density at radius 3 is 2.43 bits per heavy atom. The van der Waals surface area contributed by atoms with Crippen molar-refractivity contribution < 1.29 is 0 Å². The number of aromatic nitrogens is 2. The van der Waals surface area contributed by atoms with E-state index < -0.39 is 0 Å². The predicted octanol–water partition coefficient (Wildman–Crippen LogP) is 1.10. The van der Waals surface area contributed by atoms with Crippen LogP contribution >= 0.6 is 0 Å². The summed E-state index contributed by atoms with van der Waals surface area (Å²) >= 11 is 0. The monoisotopic (exact) mass is 288 g/mol. The highest BCUT2D eigenvalue weighted by Gasteiger charge is 2.38. The molecule has 2 aliphatic rings. The van der Waals surface area contributed by atoms with Gasteiger partial charge in [-0.2, -0.15) is 0 Å². The van der Waals surface area contributed by atoms with Gasteiger partial charge in [0, 0.05) is 38.6 Å². The first kappa shape index (κ1) is 14.1. The van der Waals surface area contributed by atoms with E-state index in [1.165, 1.54) is 6.42 Å². The van der Waals surface area contributed by atoms with Crippen LogP contribution in [0.2, 0.25) is 0 Å². The molecule has 0 spiro atoms. The number of guanidine groups is 1. The van der Waals surface area contributed by atoms with Crippen LogP contribution in [0.4, 0.5) is 5.95 Å². The molecule has 1 aliphatic carbocycles. The summed E-state index contributed by atoms with van der Waals surface area (Å²) in [6.07, 6.45) is 5.96. The van der Waals surface area contributed by atoms with E-state index >= 15 is 0 Å². The zero-order valence-corrected chi connectivity index (χ0v) is 12.9. The van der Waals surface area contributed by atoms with E-state index in [1.807, 2.05) is 6.07 Å². The van der Waals surface area contributed by atoms with E-state index in [4.69, 9.17) is 10.7 Å². The molecule has 0 aromatic carbocycles. The van der Waals surface area contributed by atoms with E-state index in [9.17, 15) is 0 Å². The van der Waals surface area contributed by atoms with Crippen molar-refractivity contribution in [3.63, 3.8) is 0 Å². The lowest BCUT2D eigenvalue weighted by Crippen LogP contribution is -2.52. The van der Waals surface area contributed by atoms with E-state index in [0.29, 0.717) is 17.4 Å². The van der Waals surface area contributed by atoms with Gasteiger partial charge in [0.1, 0.15) is 0 Å². The fourth-order valence-electron chi connectivity index (χ4n) is 2.92. The molecule has 3 rings (SSSR count). The van der Waals surface area contributed by atoms with Crippen molar-refractivity contribution in [3.8, 4) is 0 Å². The molecular weight excluding hydrogens is 264 g/mol. The van der Waals surface area contributed by atoms with Crippen molar-refractivity contribution in [1.29, 1.82) is 0 Å². The first-order chi connectivity index (χ1) is 10.1. The van der Waals surface area contributed by atoms with Crippen molar-refractivity contribution in [3.05, 3.63) is 18.5 Å². The van der Waals surface area contributed by atoms with Crippen LogP contribution in [0, 0.1) is 5.41 Å². The summed E-state index contributed by atoms with van der Waals surface area (Å²) in [5, 5.41) is 0. The minimum absolute atomic E-state index is 0.310. The van der Waals surface area contributed by atoms with Gasteiger partial charge in [-0.25, -0.2) is 15.0 Å². The van der Waals surface area contributed by atoms with Crippen LogP contribution in [0.3, 0.4) is 0 Å². The third-order valence-electron chi connectivity index (χ3n) is 4.69. The standard InChI is InChI=1S/C15H24N6/c1-15(2)5-4-12(15)19-13(16)20-8-10-21(11-9-20)14-17-6-3-7-18-14/h3,6-7,12H,4-5,8-11H2,1-2H3,(H2,16,19). The summed E-state index contributed by atoms with van der Waals surface area (Å²) < 4.78 is 0. The highest BCUT2D eigenvalue weighted by Crippen LogP contribution is 2.42. The number of anilines is 1. The van der Waals surface area contributed by atoms with E-state index in [2.05, 4.69) is 33.6 Å². The Balaban J connectivity index is 1.57. The first-order valence-electron chi connectivity index (χ1n) is 7.66. The smallest absolute Gasteiger partial charge is 0.225 e. The molecule has 1 atom stereocenters. The van der Waals surface area contributed by atoms with Crippen LogP contribution in [-0.2, 0) is 0 Å². The second-order valence-corrected chi connectivity index (χ2v) is 6.55. The van der Waals surface area contributed by atoms with Gasteiger partial charge in [0.15, 0.2) is 5.96 Å². The summed E-state index contributed by atoms with van der Waals surface area (Å²) in [6.45, 7) is 8.05. The van der Waals surface area contributed by atoms with Gasteiger partial charge in [-0.15, -0.1) is 0 Å². The second kappa shape index (κ2) is 5.50. The van der Waals surface area contributed by atoms with Gasteiger partial charge in [0.2, 0.25) is 5.95 Å². The summed E-state index contributed by atoms with van der Waals surface area (Å²) in [7, 11) is 0. The lowest BCUT2D eigenvalue weighted by Gasteiger charge is -2.43. The van der Waals surface area contributed by atoms with Crippen molar-refractivity contribution >= 4 is 11.9 Å². The fraction of sp³-hybridized carbons (Fsp3) is 0.667. The van der Waals surface area contributed by atoms with Crippen LogP contribution in [0.5, 0.6) is 0 Å². The fourth-order valence-corrected chi connectivity index (χ4v) is 2.92. The van der Waals surface area contributed by atoms with E-state index in [1.54, 1.807) is 12.4 Å². The van der Waals surface area contributed by atoms with Crippen molar-refractivity contribution in [1.82, 2.24) is 14.9 Å². The Bertz CT molecular complexity index is 504. The van der Waals surface area contributed by atoms with Crippen LogP contribution in [0.25, 0.3) is 0 Å². The average molecular weight is 288 g/mol. The number of rotatable bonds is 2. The number of piperazine rings is 1. The third kappa shape index (κ3) is 2.94. The van der Waals surface area contributed by atoms with Crippen molar-refractivity contribution in [2.45, 2.75) is 32.7 Å². The SMILES string of the molecule is CC1(C)CCC1N=C(N)N1CCN(c2ncccn2)CC1. The largest absolute Gasteiger partial charge is 0.370 e. The molecule has 21 heavy (non-hydrogen) atoms. The number of nitrogens with zero attached hydrogens (tertiary/aromatic N) is 5. The first-order valence-corrected chi connectivity index (χ1v) is 7.66. The predicted molar refractivity (Wildman–Crippen MR) is 84.2 cm³/mol. The molecule has 0 radical (unpaired) electrons. The van der Waals surface area contributed by atoms with Gasteiger partial charge in [-0.05, 0) is 24.3 Å². The Morgan fingerprint density at radius 2 is 1.90 bits per heavy atom. The molecule has 1 aliphatic heterocycles. The number of hydrogen-bond acceptors (Lipinski definition) is 4. The lowest BCUT2D eigenvalue weighted by atomic mass is 9.68.